The normalized spacial score (nSPS) is 14.6. The van der Waals surface area contributed by atoms with Crippen LogP contribution in [0.1, 0.15) is 31.8 Å². The third kappa shape index (κ3) is 4.03. The van der Waals surface area contributed by atoms with Crippen molar-refractivity contribution in [2.45, 2.75) is 6.92 Å². The summed E-state index contributed by atoms with van der Waals surface area (Å²) >= 11 is 4.58. The number of allylic oxidation sites excluding steroid dienone is 2. The Morgan fingerprint density at radius 1 is 0.960 bits per heavy atom. The first kappa shape index (κ1) is 18.3. The highest BCUT2D eigenvalue weighted by atomic mass is 127. The van der Waals surface area contributed by atoms with Crippen LogP contribution in [0.5, 0.6) is 0 Å². The predicted octanol–water partition coefficient (Wildman–Crippen LogP) is 5.09. The molecule has 3 nitrogen and oxygen atoms in total. The smallest absolute Gasteiger partial charge is 0.209 e. The maximum atomic E-state index is 12.5. The van der Waals surface area contributed by atoms with Crippen molar-refractivity contribution in [2.75, 3.05) is 6.54 Å². The highest BCUT2D eigenvalue weighted by molar-refractivity contribution is 14.1. The van der Waals surface area contributed by atoms with Gasteiger partial charge in [0, 0.05) is 30.9 Å². The van der Waals surface area contributed by atoms with Crippen LogP contribution >= 0.6 is 45.2 Å². The van der Waals surface area contributed by atoms with Crippen LogP contribution in [0.3, 0.4) is 0 Å². The first-order valence-corrected chi connectivity index (χ1v) is 9.88. The van der Waals surface area contributed by atoms with E-state index in [1.807, 2.05) is 0 Å². The first-order valence-electron chi connectivity index (χ1n) is 7.72. The van der Waals surface area contributed by atoms with Crippen molar-refractivity contribution < 1.29 is 9.59 Å². The van der Waals surface area contributed by atoms with Gasteiger partial charge in [0.2, 0.25) is 5.78 Å². The van der Waals surface area contributed by atoms with E-state index in [0.717, 1.165) is 12.7 Å². The maximum Gasteiger partial charge on any atom is 0.209 e. The summed E-state index contributed by atoms with van der Waals surface area (Å²) in [5.74, 6) is -0.269. The van der Waals surface area contributed by atoms with Crippen LogP contribution in [-0.2, 0) is 0 Å². The molecule has 3 rings (SSSR count). The van der Waals surface area contributed by atoms with Gasteiger partial charge in [0.05, 0.1) is 5.70 Å². The Kier molecular flexibility index (Phi) is 5.73. The number of hydrogen-bond acceptors (Lipinski definition) is 3. The monoisotopic (exact) mass is 555 g/mol. The Bertz CT molecular complexity index is 912. The molecular formula is C20H15I2NO2. The Hall–Kier alpha value is -1.48. The molecule has 0 saturated heterocycles. The molecule has 5 heteroatoms. The zero-order valence-electron chi connectivity index (χ0n) is 13.5. The molecule has 0 spiro atoms. The third-order valence-electron chi connectivity index (χ3n) is 3.93. The van der Waals surface area contributed by atoms with Crippen LogP contribution in [-0.4, -0.2) is 18.1 Å². The molecule has 0 aromatic heterocycles. The van der Waals surface area contributed by atoms with Crippen molar-refractivity contribution in [3.63, 3.8) is 0 Å². The van der Waals surface area contributed by atoms with Gasteiger partial charge in [-0.2, -0.15) is 0 Å². The van der Waals surface area contributed by atoms with Crippen LogP contribution in [0.4, 0.5) is 0 Å². The van der Waals surface area contributed by atoms with Crippen LogP contribution < -0.4 is 5.32 Å². The lowest BCUT2D eigenvalue weighted by molar-refractivity contribution is 0.0979. The van der Waals surface area contributed by atoms with E-state index in [4.69, 9.17) is 0 Å². The standard InChI is InChI=1S/C20H15I2NO2/c1-12-6-8-13(9-7-12)19(22)16(21)11-23-17-10-18(24)14-4-2-3-5-15(14)20(17)25/h2-10,23H,11H2,1H3/b19-16+. The van der Waals surface area contributed by atoms with Crippen molar-refractivity contribution >= 4 is 60.3 Å². The molecule has 0 unspecified atom stereocenters. The lowest BCUT2D eigenvalue weighted by atomic mass is 9.93. The minimum Gasteiger partial charge on any atom is -0.377 e. The molecule has 0 saturated carbocycles. The van der Waals surface area contributed by atoms with E-state index in [2.05, 4.69) is 81.7 Å². The maximum absolute atomic E-state index is 12.5. The molecule has 1 N–H and O–H groups in total. The summed E-state index contributed by atoms with van der Waals surface area (Å²) in [7, 11) is 0. The summed E-state index contributed by atoms with van der Waals surface area (Å²) in [6, 6.07) is 15.3. The fraction of sp³-hybridized carbons (Fsp3) is 0.100. The topological polar surface area (TPSA) is 46.2 Å². The van der Waals surface area contributed by atoms with Crippen molar-refractivity contribution in [3.05, 3.63) is 86.1 Å². The SMILES string of the molecule is Cc1ccc(/C(I)=C(\I)CNC2=CC(=O)c3ccccc3C2=O)cc1. The highest BCUT2D eigenvalue weighted by Gasteiger charge is 2.24. The number of ketones is 2. The summed E-state index contributed by atoms with van der Waals surface area (Å²) in [5.41, 5.74) is 3.65. The molecule has 0 aliphatic heterocycles. The Morgan fingerprint density at radius 2 is 1.60 bits per heavy atom. The number of halogens is 2. The number of nitrogens with one attached hydrogen (secondary N) is 1. The molecule has 126 valence electrons. The van der Waals surface area contributed by atoms with Crippen LogP contribution in [0.15, 0.2) is 63.9 Å². The zero-order chi connectivity index (χ0) is 18.0. The van der Waals surface area contributed by atoms with Crippen molar-refractivity contribution in [2.24, 2.45) is 0 Å². The zero-order valence-corrected chi connectivity index (χ0v) is 17.8. The van der Waals surface area contributed by atoms with Crippen LogP contribution in [0, 0.1) is 6.92 Å². The van der Waals surface area contributed by atoms with Gasteiger partial charge in [0.25, 0.3) is 0 Å². The summed E-state index contributed by atoms with van der Waals surface area (Å²) in [4.78, 5) is 24.7. The highest BCUT2D eigenvalue weighted by Crippen LogP contribution is 2.29. The molecule has 1 aliphatic carbocycles. The minimum atomic E-state index is -0.134. The van der Waals surface area contributed by atoms with Gasteiger partial charge in [-0.1, -0.05) is 54.1 Å². The second-order valence-corrected chi connectivity index (χ2v) is 8.12. The van der Waals surface area contributed by atoms with Crippen LogP contribution in [0.25, 0.3) is 3.58 Å². The molecule has 25 heavy (non-hydrogen) atoms. The Morgan fingerprint density at radius 3 is 2.28 bits per heavy atom. The number of benzene rings is 2. The molecule has 0 radical (unpaired) electrons. The number of carbonyl (C=O) groups is 2. The van der Waals surface area contributed by atoms with Gasteiger partial charge in [-0.15, -0.1) is 0 Å². The van der Waals surface area contributed by atoms with E-state index in [1.54, 1.807) is 24.3 Å². The average Bonchev–Trinajstić information content (AvgIpc) is 2.63. The predicted molar refractivity (Wildman–Crippen MR) is 117 cm³/mol. The van der Waals surface area contributed by atoms with E-state index in [9.17, 15) is 9.59 Å². The van der Waals surface area contributed by atoms with Gasteiger partial charge >= 0.3 is 0 Å². The average molecular weight is 555 g/mol. The van der Waals surface area contributed by atoms with E-state index in [1.165, 1.54) is 11.6 Å². The molecule has 0 amide bonds. The van der Waals surface area contributed by atoms with Crippen LogP contribution in [0.2, 0.25) is 0 Å². The van der Waals surface area contributed by atoms with Gasteiger partial charge < -0.3 is 5.32 Å². The summed E-state index contributed by atoms with van der Waals surface area (Å²) in [5, 5.41) is 3.13. The molecule has 1 aliphatic rings. The second-order valence-electron chi connectivity index (χ2n) is 5.74. The van der Waals surface area contributed by atoms with E-state index < -0.39 is 0 Å². The van der Waals surface area contributed by atoms with Crippen molar-refractivity contribution in [1.29, 1.82) is 0 Å². The number of rotatable bonds is 4. The second kappa shape index (κ2) is 7.82. The van der Waals surface area contributed by atoms with Gasteiger partial charge in [-0.05, 0) is 57.7 Å². The number of fused-ring (bicyclic) bond motifs is 1. The fourth-order valence-electron chi connectivity index (χ4n) is 2.55. The number of hydrogen-bond donors (Lipinski definition) is 1. The summed E-state index contributed by atoms with van der Waals surface area (Å²) in [6.45, 7) is 2.56. The Balaban J connectivity index is 1.77. The quantitative estimate of drug-likeness (QED) is 0.536. The molecular weight excluding hydrogens is 540 g/mol. The molecule has 0 atom stereocenters. The van der Waals surface area contributed by atoms with Crippen molar-refractivity contribution in [3.8, 4) is 0 Å². The summed E-state index contributed by atoms with van der Waals surface area (Å²) in [6.07, 6.45) is 1.40. The number of aryl methyl sites for hydroxylation is 1. The number of Topliss-reactive ketones (excluding diaryl/α,β-unsaturated/α-hetero) is 1. The Labute approximate surface area is 173 Å². The largest absolute Gasteiger partial charge is 0.377 e. The van der Waals surface area contributed by atoms with Gasteiger partial charge in [-0.25, -0.2) is 0 Å². The van der Waals surface area contributed by atoms with E-state index in [-0.39, 0.29) is 11.6 Å². The molecule has 2 aromatic carbocycles. The van der Waals surface area contributed by atoms with Gasteiger partial charge in [0.15, 0.2) is 5.78 Å². The first-order chi connectivity index (χ1) is 12.0. The van der Waals surface area contributed by atoms with E-state index >= 15 is 0 Å². The molecule has 0 bridgehead atoms. The van der Waals surface area contributed by atoms with Gasteiger partial charge in [-0.3, -0.25) is 9.59 Å². The fourth-order valence-corrected chi connectivity index (χ4v) is 3.61. The third-order valence-corrected chi connectivity index (χ3v) is 7.16. The van der Waals surface area contributed by atoms with Gasteiger partial charge in [0.1, 0.15) is 0 Å². The minimum absolute atomic E-state index is 0.134. The molecule has 2 aromatic rings. The number of carbonyl (C=O) groups excluding carboxylic acids is 2. The summed E-state index contributed by atoms with van der Waals surface area (Å²) < 4.78 is 2.21. The van der Waals surface area contributed by atoms with E-state index in [0.29, 0.717) is 23.4 Å². The van der Waals surface area contributed by atoms with Crippen molar-refractivity contribution in [1.82, 2.24) is 5.32 Å². The lowest BCUT2D eigenvalue weighted by Gasteiger charge is -2.16. The molecule has 0 heterocycles. The lowest BCUT2D eigenvalue weighted by Crippen LogP contribution is -2.27. The molecule has 0 fully saturated rings.